The molecule has 1 aliphatic carbocycles. The van der Waals surface area contributed by atoms with Crippen molar-refractivity contribution in [2.75, 3.05) is 53.0 Å². The molecule has 2 rings (SSSR count). The average molecular weight is 495 g/mol. The van der Waals surface area contributed by atoms with Crippen molar-refractivity contribution in [3.05, 3.63) is 0 Å². The Morgan fingerprint density at radius 2 is 1.74 bits per heavy atom. The fourth-order valence-electron chi connectivity index (χ4n) is 3.61. The summed E-state index contributed by atoms with van der Waals surface area (Å²) in [6.45, 7) is 10.4. The number of halogens is 1. The van der Waals surface area contributed by atoms with Crippen LogP contribution in [0.3, 0.4) is 0 Å². The van der Waals surface area contributed by atoms with Gasteiger partial charge >= 0.3 is 0 Å². The molecule has 1 saturated heterocycles. The summed E-state index contributed by atoms with van der Waals surface area (Å²) in [5, 5.41) is 9.75. The topological polar surface area (TPSA) is 78.0 Å². The summed E-state index contributed by atoms with van der Waals surface area (Å²) in [4.78, 5) is 18.5. The molecule has 0 aromatic carbocycles. The average Bonchev–Trinajstić information content (AvgIpc) is 3.52. The van der Waals surface area contributed by atoms with Crippen LogP contribution in [-0.2, 0) is 9.53 Å². The number of ether oxygens (including phenoxy) is 1. The normalized spacial score (nSPS) is 19.3. The fourth-order valence-corrected chi connectivity index (χ4v) is 3.61. The zero-order valence-electron chi connectivity index (χ0n) is 17.1. The summed E-state index contributed by atoms with van der Waals surface area (Å²) in [5.41, 5.74) is 0. The zero-order chi connectivity index (χ0) is 18.8. The maximum atomic E-state index is 11.7. The van der Waals surface area contributed by atoms with Crippen LogP contribution in [0, 0.1) is 11.8 Å². The molecule has 8 heteroatoms. The van der Waals surface area contributed by atoms with Crippen LogP contribution < -0.4 is 16.0 Å². The minimum Gasteiger partial charge on any atom is -0.379 e. The van der Waals surface area contributed by atoms with Gasteiger partial charge in [0.25, 0.3) is 0 Å². The molecule has 1 heterocycles. The summed E-state index contributed by atoms with van der Waals surface area (Å²) in [5.74, 6) is 1.92. The van der Waals surface area contributed by atoms with E-state index in [0.29, 0.717) is 25.0 Å². The number of aliphatic imine (C=N–C) groups is 1. The van der Waals surface area contributed by atoms with E-state index >= 15 is 0 Å². The molecular formula is C19H38IN5O2. The van der Waals surface area contributed by atoms with Crippen molar-refractivity contribution in [3.8, 4) is 0 Å². The van der Waals surface area contributed by atoms with Crippen LogP contribution in [0.5, 0.6) is 0 Å². The van der Waals surface area contributed by atoms with Crippen LogP contribution in [0.2, 0.25) is 0 Å². The van der Waals surface area contributed by atoms with Gasteiger partial charge in [0.05, 0.1) is 13.2 Å². The van der Waals surface area contributed by atoms with Gasteiger partial charge in [0.2, 0.25) is 5.91 Å². The number of rotatable bonds is 10. The number of hydrogen-bond acceptors (Lipinski definition) is 4. The predicted molar refractivity (Wildman–Crippen MR) is 121 cm³/mol. The van der Waals surface area contributed by atoms with Gasteiger partial charge in [-0.25, -0.2) is 0 Å². The lowest BCUT2D eigenvalue weighted by Gasteiger charge is -2.39. The molecule has 1 aliphatic heterocycles. The van der Waals surface area contributed by atoms with E-state index in [2.05, 4.69) is 39.7 Å². The number of carbonyl (C=O) groups excluding carboxylic acids is 1. The first-order valence-electron chi connectivity index (χ1n) is 10.2. The van der Waals surface area contributed by atoms with Gasteiger partial charge in [-0.2, -0.15) is 0 Å². The lowest BCUT2D eigenvalue weighted by atomic mass is 9.92. The highest BCUT2D eigenvalue weighted by molar-refractivity contribution is 14.0. The van der Waals surface area contributed by atoms with Crippen molar-refractivity contribution in [1.29, 1.82) is 0 Å². The first-order chi connectivity index (χ1) is 12.7. The van der Waals surface area contributed by atoms with Gasteiger partial charge in [0.1, 0.15) is 0 Å². The molecule has 158 valence electrons. The molecular weight excluding hydrogens is 457 g/mol. The van der Waals surface area contributed by atoms with E-state index in [-0.39, 0.29) is 35.8 Å². The van der Waals surface area contributed by atoms with Gasteiger partial charge in [0.15, 0.2) is 5.96 Å². The minimum absolute atomic E-state index is 0. The number of guanidine groups is 1. The largest absolute Gasteiger partial charge is 0.379 e. The Morgan fingerprint density at radius 3 is 2.30 bits per heavy atom. The van der Waals surface area contributed by atoms with Gasteiger partial charge in [-0.3, -0.25) is 14.7 Å². The Hall–Kier alpha value is -0.610. The predicted octanol–water partition coefficient (Wildman–Crippen LogP) is 1.43. The molecule has 0 radical (unpaired) electrons. The molecule has 1 unspecified atom stereocenters. The van der Waals surface area contributed by atoms with Crippen molar-refractivity contribution in [2.24, 2.45) is 16.8 Å². The first kappa shape index (κ1) is 24.4. The summed E-state index contributed by atoms with van der Waals surface area (Å²) >= 11 is 0. The molecule has 2 aliphatic rings. The van der Waals surface area contributed by atoms with Crippen LogP contribution in [0.25, 0.3) is 0 Å². The molecule has 3 N–H and O–H groups in total. The van der Waals surface area contributed by atoms with E-state index in [0.717, 1.165) is 51.6 Å². The molecule has 0 spiro atoms. The van der Waals surface area contributed by atoms with E-state index in [4.69, 9.17) is 4.74 Å². The van der Waals surface area contributed by atoms with Crippen molar-refractivity contribution in [2.45, 2.75) is 45.6 Å². The molecule has 2 fully saturated rings. The Balaban J connectivity index is 0.00000364. The van der Waals surface area contributed by atoms with Crippen LogP contribution >= 0.6 is 24.0 Å². The fraction of sp³-hybridized carbons (Fsp3) is 0.895. The second-order valence-corrected chi connectivity index (χ2v) is 7.24. The second kappa shape index (κ2) is 13.5. The van der Waals surface area contributed by atoms with E-state index in [1.165, 1.54) is 12.8 Å². The summed E-state index contributed by atoms with van der Waals surface area (Å²) in [6, 6.07) is 0.488. The summed E-state index contributed by atoms with van der Waals surface area (Å²) in [6.07, 6.45) is 4.45. The number of amides is 1. The highest BCUT2D eigenvalue weighted by Gasteiger charge is 2.29. The standard InChI is InChI=1S/C19H37N5O2.HI/c1-4-15(5-2)17(24-10-12-26-13-11-24)14-23-19(20-3)22-9-8-21-18(25)16-6-7-16;/h15-17H,4-14H2,1-3H3,(H,21,25)(H2,20,22,23);1H. The van der Waals surface area contributed by atoms with Gasteiger partial charge in [-0.15, -0.1) is 24.0 Å². The first-order valence-corrected chi connectivity index (χ1v) is 10.2. The number of morpholine rings is 1. The Morgan fingerprint density at radius 1 is 1.11 bits per heavy atom. The van der Waals surface area contributed by atoms with Gasteiger partial charge in [0, 0.05) is 51.7 Å². The van der Waals surface area contributed by atoms with Crippen LogP contribution in [0.1, 0.15) is 39.5 Å². The number of nitrogens with one attached hydrogen (secondary N) is 3. The third-order valence-corrected chi connectivity index (χ3v) is 5.47. The third-order valence-electron chi connectivity index (χ3n) is 5.47. The Kier molecular flexibility index (Phi) is 12.3. The molecule has 1 amide bonds. The monoisotopic (exact) mass is 495 g/mol. The van der Waals surface area contributed by atoms with E-state index in [9.17, 15) is 4.79 Å². The minimum atomic E-state index is 0. The molecule has 1 saturated carbocycles. The Labute approximate surface area is 181 Å². The van der Waals surface area contributed by atoms with E-state index < -0.39 is 0 Å². The summed E-state index contributed by atoms with van der Waals surface area (Å²) in [7, 11) is 1.79. The van der Waals surface area contributed by atoms with Crippen molar-refractivity contribution >= 4 is 35.8 Å². The van der Waals surface area contributed by atoms with Crippen LogP contribution in [0.15, 0.2) is 4.99 Å². The SMILES string of the molecule is CCC(CC)C(CNC(=NC)NCCNC(=O)C1CC1)N1CCOCC1.I. The van der Waals surface area contributed by atoms with Gasteiger partial charge in [-0.05, 0) is 18.8 Å². The van der Waals surface area contributed by atoms with Crippen molar-refractivity contribution in [1.82, 2.24) is 20.9 Å². The molecule has 0 aromatic rings. The highest BCUT2D eigenvalue weighted by Crippen LogP contribution is 2.28. The smallest absolute Gasteiger partial charge is 0.223 e. The third kappa shape index (κ3) is 8.51. The number of hydrogen-bond donors (Lipinski definition) is 3. The Bertz CT molecular complexity index is 449. The second-order valence-electron chi connectivity index (χ2n) is 7.24. The van der Waals surface area contributed by atoms with E-state index in [1.54, 1.807) is 7.05 Å². The van der Waals surface area contributed by atoms with E-state index in [1.807, 2.05) is 0 Å². The van der Waals surface area contributed by atoms with Gasteiger partial charge in [-0.1, -0.05) is 26.7 Å². The van der Waals surface area contributed by atoms with Crippen molar-refractivity contribution in [3.63, 3.8) is 0 Å². The lowest BCUT2D eigenvalue weighted by molar-refractivity contribution is -0.122. The molecule has 27 heavy (non-hydrogen) atoms. The van der Waals surface area contributed by atoms with Gasteiger partial charge < -0.3 is 20.7 Å². The quantitative estimate of drug-likeness (QED) is 0.185. The maximum Gasteiger partial charge on any atom is 0.223 e. The lowest BCUT2D eigenvalue weighted by Crippen LogP contribution is -2.53. The van der Waals surface area contributed by atoms with Crippen molar-refractivity contribution < 1.29 is 9.53 Å². The highest BCUT2D eigenvalue weighted by atomic mass is 127. The zero-order valence-corrected chi connectivity index (χ0v) is 19.5. The maximum absolute atomic E-state index is 11.7. The molecule has 7 nitrogen and oxygen atoms in total. The number of nitrogens with zero attached hydrogens (tertiary/aromatic N) is 2. The summed E-state index contributed by atoms with van der Waals surface area (Å²) < 4.78 is 5.52. The van der Waals surface area contributed by atoms with Crippen LogP contribution in [0.4, 0.5) is 0 Å². The molecule has 0 bridgehead atoms. The molecule has 0 aromatic heterocycles. The number of carbonyl (C=O) groups is 1. The molecule has 1 atom stereocenters. The van der Waals surface area contributed by atoms with Crippen LogP contribution in [-0.4, -0.2) is 75.8 Å².